The van der Waals surface area contributed by atoms with Crippen LogP contribution in [0.1, 0.15) is 27.0 Å². The Balaban J connectivity index is 1.95. The first-order valence-electron chi connectivity index (χ1n) is 7.80. The van der Waals surface area contributed by atoms with Crippen LogP contribution in [0.25, 0.3) is 0 Å². The third-order valence-electron chi connectivity index (χ3n) is 3.93. The van der Waals surface area contributed by atoms with Gasteiger partial charge in [-0.3, -0.25) is 4.79 Å². The number of carbonyl (C=O) groups is 2. The normalized spacial score (nSPS) is 10.4. The van der Waals surface area contributed by atoms with E-state index in [0.29, 0.717) is 6.54 Å². The van der Waals surface area contributed by atoms with Crippen LogP contribution in [0.2, 0.25) is 5.02 Å². The molecule has 0 spiro atoms. The largest absolute Gasteiger partial charge is 0.452 e. The predicted molar refractivity (Wildman–Crippen MR) is 98.5 cm³/mol. The van der Waals surface area contributed by atoms with Gasteiger partial charge < -0.3 is 15.4 Å². The highest BCUT2D eigenvalue weighted by Crippen LogP contribution is 2.23. The molecular formula is C19H21ClN2O3. The molecular weight excluding hydrogens is 340 g/mol. The summed E-state index contributed by atoms with van der Waals surface area (Å²) in [6.45, 7) is 4.11. The number of aryl methyl sites for hydroxylation is 2. The second-order valence-electron chi connectivity index (χ2n) is 5.96. The number of carbonyl (C=O) groups excluding carboxylic acids is 2. The smallest absolute Gasteiger partial charge is 0.340 e. The van der Waals surface area contributed by atoms with Crippen LogP contribution in [-0.4, -0.2) is 30.4 Å². The van der Waals surface area contributed by atoms with E-state index in [-0.39, 0.29) is 28.8 Å². The van der Waals surface area contributed by atoms with Crippen LogP contribution in [0.15, 0.2) is 36.4 Å². The molecule has 25 heavy (non-hydrogen) atoms. The molecule has 5 nitrogen and oxygen atoms in total. The van der Waals surface area contributed by atoms with Crippen molar-refractivity contribution in [3.8, 4) is 0 Å². The molecule has 0 fully saturated rings. The second-order valence-corrected chi connectivity index (χ2v) is 6.36. The van der Waals surface area contributed by atoms with Crippen molar-refractivity contribution in [2.75, 3.05) is 19.4 Å². The fourth-order valence-corrected chi connectivity index (χ4v) is 2.57. The third kappa shape index (κ3) is 4.73. The number of hydrogen-bond donors (Lipinski definition) is 1. The number of hydrogen-bond acceptors (Lipinski definition) is 4. The molecule has 2 aromatic rings. The number of esters is 1. The molecule has 0 aromatic heterocycles. The van der Waals surface area contributed by atoms with Crippen molar-refractivity contribution in [2.45, 2.75) is 20.4 Å². The molecule has 0 atom stereocenters. The lowest BCUT2D eigenvalue weighted by Crippen LogP contribution is -2.31. The standard InChI is InChI=1S/C19H21ClN2O3/c1-12-7-8-14(13(2)9-12)10-22(3)17(23)11-25-19(24)15-5-4-6-16(20)18(15)21/h4-9H,10-11,21H2,1-3H3. The highest BCUT2D eigenvalue weighted by Gasteiger charge is 2.17. The zero-order chi connectivity index (χ0) is 18.6. The SMILES string of the molecule is Cc1ccc(CN(C)C(=O)COC(=O)c2cccc(Cl)c2N)c(C)c1. The number of para-hydroxylation sites is 1. The molecule has 0 aliphatic carbocycles. The van der Waals surface area contributed by atoms with E-state index in [1.165, 1.54) is 16.5 Å². The average Bonchev–Trinajstić information content (AvgIpc) is 2.57. The fourth-order valence-electron chi connectivity index (χ4n) is 2.40. The number of benzene rings is 2. The molecule has 6 heteroatoms. The van der Waals surface area contributed by atoms with Gasteiger partial charge in [-0.2, -0.15) is 0 Å². The monoisotopic (exact) mass is 360 g/mol. The number of halogens is 1. The molecule has 0 aliphatic heterocycles. The van der Waals surface area contributed by atoms with Crippen LogP contribution in [0.3, 0.4) is 0 Å². The number of anilines is 1. The van der Waals surface area contributed by atoms with Crippen molar-refractivity contribution in [1.82, 2.24) is 4.90 Å². The Morgan fingerprint density at radius 3 is 2.60 bits per heavy atom. The van der Waals surface area contributed by atoms with Gasteiger partial charge in [0.05, 0.1) is 16.3 Å². The maximum atomic E-state index is 12.2. The van der Waals surface area contributed by atoms with Gasteiger partial charge in [0.2, 0.25) is 0 Å². The molecule has 0 saturated heterocycles. The highest BCUT2D eigenvalue weighted by molar-refractivity contribution is 6.33. The van der Waals surface area contributed by atoms with Gasteiger partial charge >= 0.3 is 5.97 Å². The van der Waals surface area contributed by atoms with Crippen molar-refractivity contribution in [3.05, 3.63) is 63.7 Å². The van der Waals surface area contributed by atoms with Crippen molar-refractivity contribution >= 4 is 29.2 Å². The predicted octanol–water partition coefficient (Wildman–Crippen LogP) is 3.35. The number of likely N-dealkylation sites (N-methyl/N-ethyl adjacent to an activating group) is 1. The Kier molecular flexibility index (Phi) is 6.04. The van der Waals surface area contributed by atoms with E-state index in [1.54, 1.807) is 19.2 Å². The maximum Gasteiger partial charge on any atom is 0.340 e. The number of amides is 1. The summed E-state index contributed by atoms with van der Waals surface area (Å²) in [4.78, 5) is 25.8. The van der Waals surface area contributed by atoms with Crippen molar-refractivity contribution < 1.29 is 14.3 Å². The van der Waals surface area contributed by atoms with E-state index in [0.717, 1.165) is 11.1 Å². The Morgan fingerprint density at radius 1 is 1.20 bits per heavy atom. The van der Waals surface area contributed by atoms with Crippen LogP contribution in [-0.2, 0) is 16.1 Å². The lowest BCUT2D eigenvalue weighted by molar-refractivity contribution is -0.133. The Morgan fingerprint density at radius 2 is 1.92 bits per heavy atom. The third-order valence-corrected chi connectivity index (χ3v) is 4.26. The second kappa shape index (κ2) is 8.03. The highest BCUT2D eigenvalue weighted by atomic mass is 35.5. The van der Waals surface area contributed by atoms with Gasteiger partial charge in [0.1, 0.15) is 0 Å². The van der Waals surface area contributed by atoms with Gasteiger partial charge in [0.15, 0.2) is 6.61 Å². The first-order chi connectivity index (χ1) is 11.8. The van der Waals surface area contributed by atoms with Gasteiger partial charge in [-0.1, -0.05) is 41.4 Å². The minimum absolute atomic E-state index is 0.144. The number of ether oxygens (including phenoxy) is 1. The quantitative estimate of drug-likeness (QED) is 0.655. The summed E-state index contributed by atoms with van der Waals surface area (Å²) in [6, 6.07) is 10.7. The fraction of sp³-hybridized carbons (Fsp3) is 0.263. The lowest BCUT2D eigenvalue weighted by atomic mass is 10.1. The zero-order valence-corrected chi connectivity index (χ0v) is 15.3. The van der Waals surface area contributed by atoms with Gasteiger partial charge in [-0.05, 0) is 37.1 Å². The van der Waals surface area contributed by atoms with Crippen LogP contribution in [0.5, 0.6) is 0 Å². The Hall–Kier alpha value is -2.53. The van der Waals surface area contributed by atoms with E-state index < -0.39 is 5.97 Å². The average molecular weight is 361 g/mol. The van der Waals surface area contributed by atoms with Crippen LogP contribution < -0.4 is 5.73 Å². The first-order valence-corrected chi connectivity index (χ1v) is 8.18. The first kappa shape index (κ1) is 18.8. The number of nitrogen functional groups attached to an aromatic ring is 1. The van der Waals surface area contributed by atoms with Crippen molar-refractivity contribution in [1.29, 1.82) is 0 Å². The molecule has 0 bridgehead atoms. The number of nitrogens with two attached hydrogens (primary N) is 1. The zero-order valence-electron chi connectivity index (χ0n) is 14.5. The summed E-state index contributed by atoms with van der Waals surface area (Å²) in [5.74, 6) is -0.970. The lowest BCUT2D eigenvalue weighted by Gasteiger charge is -2.19. The molecule has 0 saturated carbocycles. The summed E-state index contributed by atoms with van der Waals surface area (Å²) < 4.78 is 5.07. The van der Waals surface area contributed by atoms with Crippen LogP contribution in [0, 0.1) is 13.8 Å². The molecule has 2 rings (SSSR count). The summed E-state index contributed by atoms with van der Waals surface area (Å²) in [5, 5.41) is 0.271. The number of rotatable bonds is 5. The molecule has 132 valence electrons. The van der Waals surface area contributed by atoms with Crippen LogP contribution in [0.4, 0.5) is 5.69 Å². The molecule has 1 amide bonds. The van der Waals surface area contributed by atoms with E-state index in [2.05, 4.69) is 6.07 Å². The molecule has 2 aromatic carbocycles. The maximum absolute atomic E-state index is 12.2. The molecule has 2 N–H and O–H groups in total. The van der Waals surface area contributed by atoms with E-state index in [1.807, 2.05) is 26.0 Å². The Labute approximate surface area is 152 Å². The van der Waals surface area contributed by atoms with Gasteiger partial charge in [0.25, 0.3) is 5.91 Å². The van der Waals surface area contributed by atoms with E-state index in [9.17, 15) is 9.59 Å². The van der Waals surface area contributed by atoms with Crippen molar-refractivity contribution in [3.63, 3.8) is 0 Å². The molecule has 0 unspecified atom stereocenters. The van der Waals surface area contributed by atoms with E-state index >= 15 is 0 Å². The summed E-state index contributed by atoms with van der Waals surface area (Å²) in [7, 11) is 1.67. The summed E-state index contributed by atoms with van der Waals surface area (Å²) in [6.07, 6.45) is 0. The van der Waals surface area contributed by atoms with Gasteiger partial charge in [-0.15, -0.1) is 0 Å². The van der Waals surface area contributed by atoms with Crippen LogP contribution >= 0.6 is 11.6 Å². The number of nitrogens with zero attached hydrogens (tertiary/aromatic N) is 1. The topological polar surface area (TPSA) is 72.6 Å². The van der Waals surface area contributed by atoms with Gasteiger partial charge in [0, 0.05) is 13.6 Å². The van der Waals surface area contributed by atoms with Gasteiger partial charge in [-0.25, -0.2) is 4.79 Å². The van der Waals surface area contributed by atoms with Crippen molar-refractivity contribution in [2.24, 2.45) is 0 Å². The Bertz CT molecular complexity index is 805. The summed E-state index contributed by atoms with van der Waals surface area (Å²) in [5.41, 5.74) is 9.38. The molecule has 0 aliphatic rings. The minimum atomic E-state index is -0.673. The molecule has 0 radical (unpaired) electrons. The summed E-state index contributed by atoms with van der Waals surface area (Å²) >= 11 is 5.88. The minimum Gasteiger partial charge on any atom is -0.452 e. The van der Waals surface area contributed by atoms with E-state index in [4.69, 9.17) is 22.1 Å². The molecule has 0 heterocycles.